The lowest BCUT2D eigenvalue weighted by Gasteiger charge is -2.11. The number of hydrogen-bond acceptors (Lipinski definition) is 2. The predicted octanol–water partition coefficient (Wildman–Crippen LogP) is 4.54. The fourth-order valence-corrected chi connectivity index (χ4v) is 1.72. The molecule has 0 aromatic carbocycles. The molecule has 100 valence electrons. The van der Waals surface area contributed by atoms with Gasteiger partial charge in [0.25, 0.3) is 0 Å². The minimum atomic E-state index is 0.707. The van der Waals surface area contributed by atoms with Crippen LogP contribution in [0.2, 0.25) is 0 Å². The molecule has 2 heteroatoms. The smallest absolute Gasteiger partial charge is 0.137 e. The second-order valence-corrected chi connectivity index (χ2v) is 5.24. The number of ether oxygens (including phenoxy) is 1. The molecule has 0 aliphatic carbocycles. The van der Waals surface area contributed by atoms with Gasteiger partial charge < -0.3 is 4.74 Å². The molecule has 1 aromatic heterocycles. The van der Waals surface area contributed by atoms with Gasteiger partial charge in [-0.1, -0.05) is 18.6 Å². The summed E-state index contributed by atoms with van der Waals surface area (Å²) in [4.78, 5) is 4.21. The third-order valence-corrected chi connectivity index (χ3v) is 2.98. The zero-order chi connectivity index (χ0) is 13.4. The van der Waals surface area contributed by atoms with E-state index in [4.69, 9.17) is 4.74 Å². The van der Waals surface area contributed by atoms with Crippen LogP contribution in [0, 0.1) is 12.8 Å². The maximum absolute atomic E-state index is 5.68. The van der Waals surface area contributed by atoms with Gasteiger partial charge in [-0.25, -0.2) is 0 Å². The van der Waals surface area contributed by atoms with Crippen molar-refractivity contribution in [3.63, 3.8) is 0 Å². The number of hydrogen-bond donors (Lipinski definition) is 0. The molecule has 0 saturated heterocycles. The van der Waals surface area contributed by atoms with Crippen LogP contribution in [-0.2, 0) is 0 Å². The summed E-state index contributed by atoms with van der Waals surface area (Å²) in [5, 5.41) is 0. The van der Waals surface area contributed by atoms with Gasteiger partial charge in [0.05, 0.1) is 12.8 Å². The van der Waals surface area contributed by atoms with E-state index in [1.165, 1.54) is 18.4 Å². The van der Waals surface area contributed by atoms with E-state index in [9.17, 15) is 0 Å². The summed E-state index contributed by atoms with van der Waals surface area (Å²) in [6, 6.07) is 3.96. The number of rotatable bonds is 7. The van der Waals surface area contributed by atoms with Crippen molar-refractivity contribution < 1.29 is 4.74 Å². The van der Waals surface area contributed by atoms with Gasteiger partial charge in [0.2, 0.25) is 0 Å². The van der Waals surface area contributed by atoms with Crippen LogP contribution >= 0.6 is 0 Å². The molecule has 0 fully saturated rings. The topological polar surface area (TPSA) is 22.1 Å². The van der Waals surface area contributed by atoms with E-state index in [1.54, 1.807) is 6.20 Å². The summed E-state index contributed by atoms with van der Waals surface area (Å²) in [5.74, 6) is 1.58. The van der Waals surface area contributed by atoms with E-state index in [2.05, 4.69) is 31.8 Å². The minimum Gasteiger partial charge on any atom is -0.492 e. The summed E-state index contributed by atoms with van der Waals surface area (Å²) in [7, 11) is 0. The molecular weight excluding hydrogens is 222 g/mol. The van der Waals surface area contributed by atoms with Crippen LogP contribution in [-0.4, -0.2) is 11.6 Å². The quantitative estimate of drug-likeness (QED) is 0.660. The lowest BCUT2D eigenvalue weighted by molar-refractivity contribution is 0.278. The summed E-state index contributed by atoms with van der Waals surface area (Å²) in [6.45, 7) is 9.35. The lowest BCUT2D eigenvalue weighted by Crippen LogP contribution is -2.04. The highest BCUT2D eigenvalue weighted by atomic mass is 16.5. The van der Waals surface area contributed by atoms with Crippen molar-refractivity contribution in [3.8, 4) is 5.75 Å². The Morgan fingerprint density at radius 1 is 1.33 bits per heavy atom. The maximum Gasteiger partial charge on any atom is 0.137 e. The molecule has 1 rings (SSSR count). The second kappa shape index (κ2) is 7.91. The third-order valence-electron chi connectivity index (χ3n) is 2.98. The Balaban J connectivity index is 2.17. The first-order valence-electron chi connectivity index (χ1n) is 6.76. The maximum atomic E-state index is 5.68. The SMILES string of the molecule is CC(C)=CCCC(C)CCOc1ccc(C)nc1. The molecule has 0 spiro atoms. The zero-order valence-corrected chi connectivity index (χ0v) is 12.1. The van der Waals surface area contributed by atoms with Gasteiger partial charge in [0, 0.05) is 5.69 Å². The summed E-state index contributed by atoms with van der Waals surface area (Å²) in [5.41, 5.74) is 2.43. The van der Waals surface area contributed by atoms with Crippen molar-refractivity contribution in [2.24, 2.45) is 5.92 Å². The van der Waals surface area contributed by atoms with Gasteiger partial charge in [0.15, 0.2) is 0 Å². The Morgan fingerprint density at radius 2 is 2.11 bits per heavy atom. The first-order chi connectivity index (χ1) is 8.58. The van der Waals surface area contributed by atoms with Crippen LogP contribution < -0.4 is 4.74 Å². The van der Waals surface area contributed by atoms with E-state index in [0.717, 1.165) is 24.5 Å². The Kier molecular flexibility index (Phi) is 6.48. The fourth-order valence-electron chi connectivity index (χ4n) is 1.72. The van der Waals surface area contributed by atoms with E-state index in [1.807, 2.05) is 19.1 Å². The lowest BCUT2D eigenvalue weighted by atomic mass is 10.0. The molecule has 0 amide bonds. The number of nitrogens with zero attached hydrogens (tertiary/aromatic N) is 1. The highest BCUT2D eigenvalue weighted by molar-refractivity contribution is 5.18. The molecule has 1 unspecified atom stereocenters. The molecule has 1 aromatic rings. The zero-order valence-electron chi connectivity index (χ0n) is 12.1. The van der Waals surface area contributed by atoms with Crippen LogP contribution in [0.4, 0.5) is 0 Å². The van der Waals surface area contributed by atoms with Gasteiger partial charge in [-0.2, -0.15) is 0 Å². The first-order valence-corrected chi connectivity index (χ1v) is 6.76. The molecule has 2 nitrogen and oxygen atoms in total. The first kappa shape index (κ1) is 14.7. The second-order valence-electron chi connectivity index (χ2n) is 5.24. The van der Waals surface area contributed by atoms with Gasteiger partial charge in [-0.3, -0.25) is 4.98 Å². The molecule has 0 radical (unpaired) electrons. The average molecular weight is 247 g/mol. The number of allylic oxidation sites excluding steroid dienone is 2. The van der Waals surface area contributed by atoms with Crippen LogP contribution in [0.1, 0.15) is 45.7 Å². The highest BCUT2D eigenvalue weighted by Gasteiger charge is 2.02. The number of aromatic nitrogens is 1. The van der Waals surface area contributed by atoms with Crippen LogP contribution in [0.15, 0.2) is 30.0 Å². The van der Waals surface area contributed by atoms with Crippen molar-refractivity contribution in [2.45, 2.75) is 47.0 Å². The summed E-state index contributed by atoms with van der Waals surface area (Å²) < 4.78 is 5.68. The Labute approximate surface area is 111 Å². The van der Waals surface area contributed by atoms with Gasteiger partial charge in [-0.15, -0.1) is 0 Å². The predicted molar refractivity (Wildman–Crippen MR) is 76.9 cm³/mol. The molecule has 0 bridgehead atoms. The highest BCUT2D eigenvalue weighted by Crippen LogP contribution is 2.14. The van der Waals surface area contributed by atoms with Crippen molar-refractivity contribution in [1.29, 1.82) is 0 Å². The van der Waals surface area contributed by atoms with E-state index in [-0.39, 0.29) is 0 Å². The van der Waals surface area contributed by atoms with Crippen LogP contribution in [0.25, 0.3) is 0 Å². The van der Waals surface area contributed by atoms with Crippen LogP contribution in [0.5, 0.6) is 5.75 Å². The number of pyridine rings is 1. The van der Waals surface area contributed by atoms with E-state index >= 15 is 0 Å². The van der Waals surface area contributed by atoms with E-state index < -0.39 is 0 Å². The van der Waals surface area contributed by atoms with E-state index in [0.29, 0.717) is 5.92 Å². The monoisotopic (exact) mass is 247 g/mol. The molecule has 0 aliphatic rings. The molecule has 0 saturated carbocycles. The third kappa shape index (κ3) is 6.43. The van der Waals surface area contributed by atoms with Crippen molar-refractivity contribution in [2.75, 3.05) is 6.61 Å². The molecule has 0 aliphatic heterocycles. The molecule has 1 heterocycles. The molecular formula is C16H25NO. The van der Waals surface area contributed by atoms with Gasteiger partial charge in [-0.05, 0) is 58.1 Å². The molecule has 1 atom stereocenters. The van der Waals surface area contributed by atoms with Crippen molar-refractivity contribution >= 4 is 0 Å². The molecule has 0 N–H and O–H groups in total. The number of aryl methyl sites for hydroxylation is 1. The summed E-state index contributed by atoms with van der Waals surface area (Å²) >= 11 is 0. The van der Waals surface area contributed by atoms with Crippen LogP contribution in [0.3, 0.4) is 0 Å². The fraction of sp³-hybridized carbons (Fsp3) is 0.562. The summed E-state index contributed by atoms with van der Waals surface area (Å²) in [6.07, 6.45) is 7.62. The minimum absolute atomic E-state index is 0.707. The Bertz CT molecular complexity index is 363. The van der Waals surface area contributed by atoms with Crippen molar-refractivity contribution in [3.05, 3.63) is 35.7 Å². The molecule has 18 heavy (non-hydrogen) atoms. The van der Waals surface area contributed by atoms with Gasteiger partial charge in [0.1, 0.15) is 5.75 Å². The largest absolute Gasteiger partial charge is 0.492 e. The Hall–Kier alpha value is -1.31. The standard InChI is InChI=1S/C16H25NO/c1-13(2)6-5-7-14(3)10-11-18-16-9-8-15(4)17-12-16/h6,8-9,12,14H,5,7,10-11H2,1-4H3. The Morgan fingerprint density at radius 3 is 2.72 bits per heavy atom. The normalized spacial score (nSPS) is 12.0. The van der Waals surface area contributed by atoms with Gasteiger partial charge >= 0.3 is 0 Å². The average Bonchev–Trinajstić information content (AvgIpc) is 2.31. The van der Waals surface area contributed by atoms with Crippen molar-refractivity contribution in [1.82, 2.24) is 4.98 Å².